The number of esters is 1. The van der Waals surface area contributed by atoms with Crippen LogP contribution in [0.15, 0.2) is 99.7 Å². The van der Waals surface area contributed by atoms with Crippen molar-refractivity contribution in [2.75, 3.05) is 37.9 Å². The maximum Gasteiger partial charge on any atom is 0.340 e. The minimum atomic E-state index is -5.04. The molecule has 6 aromatic rings. The normalized spacial score (nSPS) is 17.4. The number of methoxy groups -OCH3 is 1. The lowest BCUT2D eigenvalue weighted by molar-refractivity contribution is -0.121. The number of ether oxygens (including phenoxy) is 3. The Morgan fingerprint density at radius 3 is 2.19 bits per heavy atom. The zero-order chi connectivity index (χ0) is 49.2. The van der Waals surface area contributed by atoms with Crippen LogP contribution < -0.4 is 31.6 Å². The van der Waals surface area contributed by atoms with Crippen LogP contribution in [0.3, 0.4) is 0 Å². The Bertz CT molecular complexity index is 3320. The number of hydrogen-bond donors (Lipinski definition) is 5. The molecule has 0 aliphatic carbocycles. The molecule has 0 bridgehead atoms. The molecule has 3 aliphatic heterocycles. The van der Waals surface area contributed by atoms with Crippen LogP contribution in [0.25, 0.3) is 5.69 Å². The molecule has 3 atom stereocenters. The minimum absolute atomic E-state index is 0.00524. The third-order valence-electron chi connectivity index (χ3n) is 12.2. The standard InChI is InChI=1S/C48H45ClN8O10S2/c1-25-55-56-45-37(54-40(26-8-11-28(49)12-9-26)31-23-29(65-2)13-19-38(31)57(25)45)24-39(58)52-20-6-5-7-21-53-46(59)27-10-14-32-30(22-27)47(60)67-48(32)33-15-17-35(50)43(68(3,4)61)41(33)66-42-34(48)16-18-36(51)44(42)69(62,63)64/h8-19,22-23,37H,3,5-7,20-21,24,50-51H2,1-2,4H3,(H,52,58)(H,53,59)(H,62,63,64)/t37-,48?,68?/m0/s1. The average Bonchev–Trinajstić information content (AvgIpc) is 3.78. The predicted molar refractivity (Wildman–Crippen MR) is 259 cm³/mol. The number of rotatable bonds is 13. The van der Waals surface area contributed by atoms with Crippen molar-refractivity contribution in [1.82, 2.24) is 25.4 Å². The van der Waals surface area contributed by atoms with Crippen LogP contribution in [-0.4, -0.2) is 87.8 Å². The van der Waals surface area contributed by atoms with Crippen LogP contribution in [0, 0.1) is 6.92 Å². The van der Waals surface area contributed by atoms with Gasteiger partial charge in [0.05, 0.1) is 46.8 Å². The van der Waals surface area contributed by atoms with E-state index in [1.54, 1.807) is 19.2 Å². The van der Waals surface area contributed by atoms with Crippen molar-refractivity contribution >= 4 is 72.0 Å². The van der Waals surface area contributed by atoms with Gasteiger partial charge in [-0.2, -0.15) is 8.42 Å². The van der Waals surface area contributed by atoms with Crippen molar-refractivity contribution in [3.8, 4) is 22.9 Å². The topological polar surface area (TPSA) is 270 Å². The fraction of sp³-hybridized carbons (Fsp3) is 0.229. The van der Waals surface area contributed by atoms with Gasteiger partial charge in [0.1, 0.15) is 17.6 Å². The lowest BCUT2D eigenvalue weighted by Gasteiger charge is -2.38. The molecule has 0 radical (unpaired) electrons. The molecule has 0 fully saturated rings. The second kappa shape index (κ2) is 17.7. The summed E-state index contributed by atoms with van der Waals surface area (Å²) in [5, 5.41) is 15.2. The van der Waals surface area contributed by atoms with Crippen LogP contribution in [0.4, 0.5) is 11.4 Å². The van der Waals surface area contributed by atoms with Gasteiger partial charge in [0, 0.05) is 57.7 Å². The van der Waals surface area contributed by atoms with Gasteiger partial charge >= 0.3 is 5.97 Å². The maximum absolute atomic E-state index is 13.8. The van der Waals surface area contributed by atoms with Crippen molar-refractivity contribution in [3.63, 3.8) is 0 Å². The van der Waals surface area contributed by atoms with Gasteiger partial charge in [-0.25, -0.2) is 4.79 Å². The van der Waals surface area contributed by atoms with Crippen molar-refractivity contribution in [3.05, 3.63) is 141 Å². The Morgan fingerprint density at radius 1 is 0.870 bits per heavy atom. The molecule has 3 aliphatic rings. The quantitative estimate of drug-likeness (QED) is 0.0296. The predicted octanol–water partition coefficient (Wildman–Crippen LogP) is 5.92. The van der Waals surface area contributed by atoms with Crippen LogP contribution in [0.1, 0.15) is 91.9 Å². The summed E-state index contributed by atoms with van der Waals surface area (Å²) in [5.74, 6) is 3.34. The lowest BCUT2D eigenvalue weighted by atomic mass is 9.77. The van der Waals surface area contributed by atoms with Crippen molar-refractivity contribution in [2.24, 2.45) is 4.99 Å². The fourth-order valence-corrected chi connectivity index (χ4v) is 11.1. The van der Waals surface area contributed by atoms with Crippen molar-refractivity contribution in [2.45, 2.75) is 54.0 Å². The molecule has 9 rings (SSSR count). The van der Waals surface area contributed by atoms with Gasteiger partial charge in [-0.1, -0.05) is 29.8 Å². The first-order valence-electron chi connectivity index (χ1n) is 21.5. The second-order valence-electron chi connectivity index (χ2n) is 16.8. The zero-order valence-electron chi connectivity index (χ0n) is 37.4. The van der Waals surface area contributed by atoms with Crippen LogP contribution in [-0.2, 0) is 34.8 Å². The number of carbonyl (C=O) groups is 3. The molecule has 4 heterocycles. The van der Waals surface area contributed by atoms with Gasteiger partial charge in [-0.15, -0.1) is 10.2 Å². The number of aromatic nitrogens is 3. The van der Waals surface area contributed by atoms with E-state index in [4.69, 9.17) is 42.3 Å². The number of nitrogens with one attached hydrogen (secondary N) is 2. The van der Waals surface area contributed by atoms with E-state index in [9.17, 15) is 31.6 Å². The number of hydrogen-bond acceptors (Lipinski definition) is 14. The van der Waals surface area contributed by atoms with Crippen LogP contribution in [0.5, 0.6) is 17.2 Å². The molecule has 1 spiro atoms. The number of aryl methyl sites for hydroxylation is 1. The molecule has 21 heteroatoms. The number of nitrogen functional groups attached to an aromatic ring is 2. The highest BCUT2D eigenvalue weighted by Gasteiger charge is 2.56. The van der Waals surface area contributed by atoms with E-state index in [1.807, 2.05) is 41.8 Å². The van der Waals surface area contributed by atoms with Gasteiger partial charge < -0.3 is 36.3 Å². The lowest BCUT2D eigenvalue weighted by Crippen LogP contribution is -2.34. The van der Waals surface area contributed by atoms with Gasteiger partial charge in [0.15, 0.2) is 27.8 Å². The molecule has 5 aromatic carbocycles. The molecular formula is C48H45ClN8O10S2. The summed E-state index contributed by atoms with van der Waals surface area (Å²) in [6, 6.07) is 22.2. The molecule has 2 unspecified atom stereocenters. The Kier molecular flexibility index (Phi) is 12.0. The summed E-state index contributed by atoms with van der Waals surface area (Å²) >= 11 is 6.23. The number of aliphatic imine (C=N–C) groups is 1. The van der Waals surface area contributed by atoms with E-state index in [-0.39, 0.29) is 68.7 Å². The molecular weight excluding hydrogens is 948 g/mol. The molecule has 1 aromatic heterocycles. The molecule has 356 valence electrons. The number of anilines is 2. The zero-order valence-corrected chi connectivity index (χ0v) is 39.8. The first-order valence-corrected chi connectivity index (χ1v) is 25.5. The largest absolute Gasteiger partial charge is 0.497 e. The Morgan fingerprint density at radius 2 is 1.52 bits per heavy atom. The third kappa shape index (κ3) is 8.32. The highest BCUT2D eigenvalue weighted by atomic mass is 35.5. The summed E-state index contributed by atoms with van der Waals surface area (Å²) in [7, 11) is -6.62. The highest BCUT2D eigenvalue weighted by Crippen LogP contribution is 2.60. The summed E-state index contributed by atoms with van der Waals surface area (Å²) < 4.78 is 69.0. The summed E-state index contributed by atoms with van der Waals surface area (Å²) in [5.41, 5.74) is 13.6. The smallest absolute Gasteiger partial charge is 0.340 e. The van der Waals surface area contributed by atoms with E-state index in [2.05, 4.69) is 26.7 Å². The SMILES string of the molecule is C=S(C)(=O)c1c(N)ccc2c1Oc1c(ccc(N)c1S(=O)(=O)O)C21OC(=O)c2cc(C(=O)NCCCCCNC(=O)C[C@@H]3N=C(c4ccc(Cl)cc4)c4cc(OC)ccc4-n4c(C)nnc43)ccc21. The number of fused-ring (bicyclic) bond motifs is 9. The van der Waals surface area contributed by atoms with E-state index in [1.165, 1.54) is 48.7 Å². The van der Waals surface area contributed by atoms with E-state index in [0.717, 1.165) is 16.8 Å². The van der Waals surface area contributed by atoms with Gasteiger partial charge in [0.25, 0.3) is 16.0 Å². The van der Waals surface area contributed by atoms with Crippen LogP contribution in [0.2, 0.25) is 5.02 Å². The minimum Gasteiger partial charge on any atom is -0.497 e. The van der Waals surface area contributed by atoms with E-state index < -0.39 is 53.8 Å². The van der Waals surface area contributed by atoms with Gasteiger partial charge in [-0.3, -0.25) is 27.9 Å². The summed E-state index contributed by atoms with van der Waals surface area (Å²) in [6.07, 6.45) is 3.17. The molecule has 7 N–H and O–H groups in total. The molecule has 2 amide bonds. The number of unbranched alkanes of at least 4 members (excludes halogenated alkanes) is 2. The molecule has 0 saturated carbocycles. The molecule has 0 saturated heterocycles. The van der Waals surface area contributed by atoms with Gasteiger partial charge in [0.2, 0.25) is 5.91 Å². The number of amides is 2. The third-order valence-corrected chi connectivity index (χ3v) is 14.6. The van der Waals surface area contributed by atoms with E-state index in [0.29, 0.717) is 53.9 Å². The van der Waals surface area contributed by atoms with Gasteiger partial charge in [-0.05, 0) is 108 Å². The van der Waals surface area contributed by atoms with E-state index >= 15 is 0 Å². The Balaban J connectivity index is 0.867. The second-order valence-corrected chi connectivity index (χ2v) is 21.0. The molecule has 69 heavy (non-hydrogen) atoms. The summed E-state index contributed by atoms with van der Waals surface area (Å²) in [4.78, 5) is 45.0. The Hall–Kier alpha value is -7.26. The average molecular weight is 994 g/mol. The fourth-order valence-electron chi connectivity index (χ4n) is 9.07. The first kappa shape index (κ1) is 46.8. The number of halogens is 1. The van der Waals surface area contributed by atoms with Crippen molar-refractivity contribution < 1.29 is 45.8 Å². The number of benzene rings is 5. The highest BCUT2D eigenvalue weighted by molar-refractivity contribution is 7.99. The summed E-state index contributed by atoms with van der Waals surface area (Å²) in [6.45, 7) is 2.50. The van der Waals surface area contributed by atoms with Crippen LogP contribution >= 0.6 is 11.6 Å². The van der Waals surface area contributed by atoms with Crippen molar-refractivity contribution in [1.29, 1.82) is 0 Å². The monoisotopic (exact) mass is 992 g/mol. The first-order chi connectivity index (χ1) is 32.8. The number of nitrogens with two attached hydrogens (primary N) is 2. The molecule has 18 nitrogen and oxygen atoms in total. The number of carbonyl (C=O) groups excluding carboxylic acids is 3. The maximum atomic E-state index is 13.8. The Labute approximate surface area is 401 Å². The number of nitrogens with zero attached hydrogens (tertiary/aromatic N) is 4.